The van der Waals surface area contributed by atoms with Crippen LogP contribution in [-0.2, 0) is 0 Å². The molecule has 0 atom stereocenters. The summed E-state index contributed by atoms with van der Waals surface area (Å²) in [4.78, 5) is 14.5. The maximum Gasteiger partial charge on any atom is 0.318 e. The number of nitrogens with zero attached hydrogens (tertiary/aromatic N) is 1. The van der Waals surface area contributed by atoms with E-state index < -0.39 is 23.2 Å². The Hall–Kier alpha value is -2.16. The van der Waals surface area contributed by atoms with Crippen molar-refractivity contribution in [3.8, 4) is 0 Å². The first-order chi connectivity index (χ1) is 8.23. The van der Waals surface area contributed by atoms with Crippen LogP contribution in [0, 0.1) is 18.2 Å². The van der Waals surface area contributed by atoms with E-state index in [2.05, 4.69) is 15.5 Å². The van der Waals surface area contributed by atoms with Crippen LogP contribution in [0.25, 0.3) is 4.85 Å². The molecule has 96 valence electrons. The number of rotatable bonds is 1. The number of hydrogen-bond acceptors (Lipinski definition) is 1. The minimum Gasteiger partial charge on any atom is -0.333 e. The first-order valence-corrected chi connectivity index (χ1v) is 5.18. The Balaban J connectivity index is 2.98. The molecule has 0 aliphatic heterocycles. The van der Waals surface area contributed by atoms with Gasteiger partial charge in [0.2, 0.25) is 5.69 Å². The predicted molar refractivity (Wildman–Crippen MR) is 64.5 cm³/mol. The van der Waals surface area contributed by atoms with Crippen LogP contribution in [0.5, 0.6) is 0 Å². The SMILES string of the molecule is [C-]#[N+]c1cc(F)cc(F)c1NC(=O)NC(C)(C)C. The summed E-state index contributed by atoms with van der Waals surface area (Å²) in [5.74, 6) is -1.84. The van der Waals surface area contributed by atoms with Gasteiger partial charge in [-0.2, -0.15) is 0 Å². The lowest BCUT2D eigenvalue weighted by molar-refractivity contribution is 0.243. The lowest BCUT2D eigenvalue weighted by Gasteiger charge is -2.21. The molecule has 18 heavy (non-hydrogen) atoms. The summed E-state index contributed by atoms with van der Waals surface area (Å²) in [6.07, 6.45) is 0. The molecule has 0 unspecified atom stereocenters. The average Bonchev–Trinajstić information content (AvgIpc) is 2.18. The van der Waals surface area contributed by atoms with E-state index >= 15 is 0 Å². The van der Waals surface area contributed by atoms with Crippen LogP contribution >= 0.6 is 0 Å². The molecule has 2 N–H and O–H groups in total. The molecule has 1 rings (SSSR count). The van der Waals surface area contributed by atoms with Crippen LogP contribution in [0.4, 0.5) is 25.0 Å². The summed E-state index contributed by atoms with van der Waals surface area (Å²) in [6.45, 7) is 12.1. The summed E-state index contributed by atoms with van der Waals surface area (Å²) < 4.78 is 26.4. The number of halogens is 2. The lowest BCUT2D eigenvalue weighted by Crippen LogP contribution is -2.43. The Morgan fingerprint density at radius 2 is 1.94 bits per heavy atom. The van der Waals surface area contributed by atoms with Crippen LogP contribution in [0.15, 0.2) is 12.1 Å². The van der Waals surface area contributed by atoms with Gasteiger partial charge < -0.3 is 10.6 Å². The van der Waals surface area contributed by atoms with E-state index in [-0.39, 0.29) is 11.4 Å². The number of nitrogens with one attached hydrogen (secondary N) is 2. The Kier molecular flexibility index (Phi) is 3.86. The van der Waals surface area contributed by atoms with Gasteiger partial charge in [0.1, 0.15) is 11.6 Å². The van der Waals surface area contributed by atoms with E-state index in [1.165, 1.54) is 0 Å². The molecule has 4 nitrogen and oxygen atoms in total. The second kappa shape index (κ2) is 5.00. The molecular weight excluding hydrogens is 240 g/mol. The van der Waals surface area contributed by atoms with Gasteiger partial charge in [-0.15, -0.1) is 0 Å². The number of urea groups is 1. The van der Waals surface area contributed by atoms with Gasteiger partial charge in [-0.05, 0) is 26.8 Å². The normalized spacial score (nSPS) is 10.7. The molecule has 1 aromatic carbocycles. The summed E-state index contributed by atoms with van der Waals surface area (Å²) in [5.41, 5.74) is -1.11. The molecular formula is C12H13F2N3O. The van der Waals surface area contributed by atoms with Crippen LogP contribution < -0.4 is 10.6 Å². The molecule has 0 aliphatic rings. The number of anilines is 1. The van der Waals surface area contributed by atoms with Crippen molar-refractivity contribution in [1.82, 2.24) is 5.32 Å². The third kappa shape index (κ3) is 3.70. The summed E-state index contributed by atoms with van der Waals surface area (Å²) in [7, 11) is 0. The predicted octanol–water partition coefficient (Wildman–Crippen LogP) is 3.44. The van der Waals surface area contributed by atoms with Crippen molar-refractivity contribution < 1.29 is 13.6 Å². The van der Waals surface area contributed by atoms with Crippen molar-refractivity contribution in [3.05, 3.63) is 35.2 Å². The largest absolute Gasteiger partial charge is 0.333 e. The van der Waals surface area contributed by atoms with Crippen LogP contribution in [0.3, 0.4) is 0 Å². The maximum absolute atomic E-state index is 13.5. The van der Waals surface area contributed by atoms with E-state index in [1.807, 2.05) is 0 Å². The molecule has 0 saturated carbocycles. The maximum atomic E-state index is 13.5. The minimum atomic E-state index is -0.981. The standard InChI is InChI=1S/C12H13F2N3O/c1-12(2,3)17-11(18)16-10-8(14)5-7(13)6-9(10)15-4/h5-6H,1-3H3,(H2,16,17,18). The number of carbonyl (C=O) groups excluding carboxylic acids is 1. The van der Waals surface area contributed by atoms with Gasteiger partial charge in [0.25, 0.3) is 0 Å². The van der Waals surface area contributed by atoms with Crippen molar-refractivity contribution in [1.29, 1.82) is 0 Å². The van der Waals surface area contributed by atoms with Crippen LogP contribution in [0.1, 0.15) is 20.8 Å². The van der Waals surface area contributed by atoms with Gasteiger partial charge in [0.15, 0.2) is 0 Å². The molecule has 0 radical (unpaired) electrons. The molecule has 0 spiro atoms. The monoisotopic (exact) mass is 253 g/mol. The highest BCUT2D eigenvalue weighted by atomic mass is 19.1. The first-order valence-electron chi connectivity index (χ1n) is 5.18. The second-order valence-electron chi connectivity index (χ2n) is 4.72. The fourth-order valence-electron chi connectivity index (χ4n) is 1.26. The molecule has 0 aliphatic carbocycles. The second-order valence-corrected chi connectivity index (χ2v) is 4.72. The smallest absolute Gasteiger partial charge is 0.318 e. The van der Waals surface area contributed by atoms with Gasteiger partial charge in [-0.3, -0.25) is 0 Å². The lowest BCUT2D eigenvalue weighted by atomic mass is 10.1. The molecule has 0 aromatic heterocycles. The minimum absolute atomic E-state index is 0.281. The zero-order chi connectivity index (χ0) is 13.9. The van der Waals surface area contributed by atoms with Crippen molar-refractivity contribution in [2.75, 3.05) is 5.32 Å². The number of amides is 2. The topological polar surface area (TPSA) is 45.5 Å². The number of carbonyl (C=O) groups is 1. The molecule has 0 bridgehead atoms. The molecule has 2 amide bonds. The molecule has 0 saturated heterocycles. The highest BCUT2D eigenvalue weighted by Crippen LogP contribution is 2.29. The zero-order valence-electron chi connectivity index (χ0n) is 10.3. The summed E-state index contributed by atoms with van der Waals surface area (Å²) in [6, 6.07) is 0.822. The highest BCUT2D eigenvalue weighted by Gasteiger charge is 2.17. The number of benzene rings is 1. The van der Waals surface area contributed by atoms with Gasteiger partial charge in [0, 0.05) is 11.6 Å². The number of hydrogen-bond donors (Lipinski definition) is 2. The summed E-state index contributed by atoms with van der Waals surface area (Å²) >= 11 is 0. The van der Waals surface area contributed by atoms with Crippen molar-refractivity contribution >= 4 is 17.4 Å². The van der Waals surface area contributed by atoms with E-state index in [4.69, 9.17) is 6.57 Å². The van der Waals surface area contributed by atoms with E-state index in [1.54, 1.807) is 20.8 Å². The first kappa shape index (κ1) is 13.9. The molecule has 0 heterocycles. The van der Waals surface area contributed by atoms with E-state index in [0.29, 0.717) is 6.07 Å². The van der Waals surface area contributed by atoms with Crippen molar-refractivity contribution in [3.63, 3.8) is 0 Å². The third-order valence-electron chi connectivity index (χ3n) is 1.88. The van der Waals surface area contributed by atoms with Crippen molar-refractivity contribution in [2.24, 2.45) is 0 Å². The van der Waals surface area contributed by atoms with Crippen LogP contribution in [0.2, 0.25) is 0 Å². The third-order valence-corrected chi connectivity index (χ3v) is 1.88. The Labute approximate surface area is 104 Å². The fourth-order valence-corrected chi connectivity index (χ4v) is 1.26. The Morgan fingerprint density at radius 3 is 2.44 bits per heavy atom. The quantitative estimate of drug-likeness (QED) is 0.740. The van der Waals surface area contributed by atoms with E-state index in [9.17, 15) is 13.6 Å². The molecule has 1 aromatic rings. The average molecular weight is 253 g/mol. The Morgan fingerprint density at radius 1 is 1.33 bits per heavy atom. The van der Waals surface area contributed by atoms with Crippen LogP contribution in [-0.4, -0.2) is 11.6 Å². The molecule has 0 fully saturated rings. The zero-order valence-corrected chi connectivity index (χ0v) is 10.3. The van der Waals surface area contributed by atoms with E-state index in [0.717, 1.165) is 6.07 Å². The van der Waals surface area contributed by atoms with Crippen molar-refractivity contribution in [2.45, 2.75) is 26.3 Å². The van der Waals surface area contributed by atoms with Gasteiger partial charge in [0.05, 0.1) is 12.3 Å². The molecule has 6 heteroatoms. The van der Waals surface area contributed by atoms with Gasteiger partial charge in [-0.1, -0.05) is 0 Å². The summed E-state index contributed by atoms with van der Waals surface area (Å²) in [5, 5.41) is 4.76. The fraction of sp³-hybridized carbons (Fsp3) is 0.333. The van der Waals surface area contributed by atoms with Gasteiger partial charge in [-0.25, -0.2) is 18.4 Å². The Bertz CT molecular complexity index is 515. The van der Waals surface area contributed by atoms with Gasteiger partial charge >= 0.3 is 6.03 Å². The highest BCUT2D eigenvalue weighted by molar-refractivity contribution is 5.93.